The van der Waals surface area contributed by atoms with E-state index in [9.17, 15) is 8.42 Å². The Hall–Kier alpha value is -0.330. The number of hydrogen-bond donors (Lipinski definition) is 2. The lowest BCUT2D eigenvalue weighted by atomic mass is 10.1. The molecule has 2 rings (SSSR count). The highest BCUT2D eigenvalue weighted by Crippen LogP contribution is 2.32. The van der Waals surface area contributed by atoms with Gasteiger partial charge < -0.3 is 5.73 Å². The van der Waals surface area contributed by atoms with E-state index in [1.807, 2.05) is 0 Å². The molecule has 1 aliphatic carbocycles. The van der Waals surface area contributed by atoms with Crippen LogP contribution in [0.4, 0.5) is 0 Å². The van der Waals surface area contributed by atoms with Crippen molar-refractivity contribution < 1.29 is 8.42 Å². The Balaban J connectivity index is 2.30. The van der Waals surface area contributed by atoms with Crippen molar-refractivity contribution in [3.8, 4) is 0 Å². The van der Waals surface area contributed by atoms with Gasteiger partial charge in [-0.3, -0.25) is 0 Å². The predicted molar refractivity (Wildman–Crippen MR) is 81.5 cm³/mol. The fourth-order valence-electron chi connectivity index (χ4n) is 2.57. The van der Waals surface area contributed by atoms with Crippen LogP contribution in [0.15, 0.2) is 17.0 Å². The topological polar surface area (TPSA) is 72.2 Å². The van der Waals surface area contributed by atoms with E-state index in [1.165, 1.54) is 12.1 Å². The number of nitrogens with one attached hydrogen (secondary N) is 1. The van der Waals surface area contributed by atoms with Crippen molar-refractivity contribution in [1.82, 2.24) is 4.72 Å². The molecule has 0 amide bonds. The largest absolute Gasteiger partial charge is 0.326 e. The second-order valence-electron chi connectivity index (χ2n) is 5.28. The van der Waals surface area contributed by atoms with Crippen LogP contribution in [0.1, 0.15) is 31.7 Å². The molecule has 0 aromatic heterocycles. The molecule has 1 aromatic rings. The summed E-state index contributed by atoms with van der Waals surface area (Å²) < 4.78 is 27.5. The normalized spacial score (nSPS) is 23.2. The van der Waals surface area contributed by atoms with Crippen LogP contribution in [-0.2, 0) is 16.6 Å². The Kier molecular flexibility index (Phi) is 4.97. The van der Waals surface area contributed by atoms with Crippen LogP contribution in [0, 0.1) is 5.92 Å². The second kappa shape index (κ2) is 6.20. The molecule has 1 aliphatic rings. The minimum Gasteiger partial charge on any atom is -0.326 e. The molecule has 112 valence electrons. The van der Waals surface area contributed by atoms with Gasteiger partial charge in [0.15, 0.2) is 0 Å². The molecule has 2 atom stereocenters. The van der Waals surface area contributed by atoms with Crippen LogP contribution in [0.3, 0.4) is 0 Å². The monoisotopic (exact) mass is 336 g/mol. The van der Waals surface area contributed by atoms with Crippen molar-refractivity contribution in [3.63, 3.8) is 0 Å². The number of nitrogens with two attached hydrogens (primary N) is 1. The fourth-order valence-corrected chi connectivity index (χ4v) is 4.78. The molecule has 2 unspecified atom stereocenters. The number of sulfonamides is 1. The van der Waals surface area contributed by atoms with Gasteiger partial charge in [-0.05, 0) is 37.3 Å². The average molecular weight is 337 g/mol. The Bertz CT molecular complexity index is 605. The molecule has 3 N–H and O–H groups in total. The summed E-state index contributed by atoms with van der Waals surface area (Å²) >= 11 is 12.1. The van der Waals surface area contributed by atoms with Crippen molar-refractivity contribution >= 4 is 33.2 Å². The van der Waals surface area contributed by atoms with Gasteiger partial charge >= 0.3 is 0 Å². The molecule has 1 saturated carbocycles. The van der Waals surface area contributed by atoms with Crippen LogP contribution in [0.5, 0.6) is 0 Å². The summed E-state index contributed by atoms with van der Waals surface area (Å²) in [6, 6.07) is 2.91. The van der Waals surface area contributed by atoms with E-state index in [0.29, 0.717) is 16.5 Å². The van der Waals surface area contributed by atoms with E-state index < -0.39 is 10.0 Å². The third-order valence-electron chi connectivity index (χ3n) is 3.66. The van der Waals surface area contributed by atoms with Crippen LogP contribution in [0.2, 0.25) is 10.0 Å². The lowest BCUT2D eigenvalue weighted by molar-refractivity contribution is 0.538. The van der Waals surface area contributed by atoms with E-state index in [-0.39, 0.29) is 22.5 Å². The molecule has 0 spiro atoms. The van der Waals surface area contributed by atoms with Crippen molar-refractivity contribution in [2.45, 2.75) is 43.7 Å². The third-order valence-corrected chi connectivity index (χ3v) is 6.12. The lowest BCUT2D eigenvalue weighted by Gasteiger charge is -2.15. The molecule has 7 heteroatoms. The van der Waals surface area contributed by atoms with Crippen molar-refractivity contribution in [2.24, 2.45) is 11.7 Å². The highest BCUT2D eigenvalue weighted by Gasteiger charge is 2.28. The van der Waals surface area contributed by atoms with Crippen LogP contribution in [-0.4, -0.2) is 14.5 Å². The van der Waals surface area contributed by atoms with Crippen molar-refractivity contribution in [3.05, 3.63) is 27.7 Å². The van der Waals surface area contributed by atoms with Crippen LogP contribution in [0.25, 0.3) is 0 Å². The van der Waals surface area contributed by atoms with Gasteiger partial charge in [0.1, 0.15) is 4.90 Å². The van der Waals surface area contributed by atoms with Gasteiger partial charge in [0.25, 0.3) is 0 Å². The number of rotatable bonds is 4. The van der Waals surface area contributed by atoms with E-state index >= 15 is 0 Å². The fraction of sp³-hybridized carbons (Fsp3) is 0.538. The average Bonchev–Trinajstić information content (AvgIpc) is 2.74. The minimum absolute atomic E-state index is 0.0249. The highest BCUT2D eigenvalue weighted by atomic mass is 35.5. The van der Waals surface area contributed by atoms with E-state index in [2.05, 4.69) is 11.6 Å². The van der Waals surface area contributed by atoms with E-state index in [0.717, 1.165) is 19.3 Å². The first kappa shape index (κ1) is 16.0. The third kappa shape index (κ3) is 3.28. The first-order chi connectivity index (χ1) is 9.35. The Morgan fingerprint density at radius 1 is 1.35 bits per heavy atom. The molecule has 20 heavy (non-hydrogen) atoms. The lowest BCUT2D eigenvalue weighted by Crippen LogP contribution is -2.33. The SMILES string of the molecule is CC1CCC(NS(=O)(=O)c2ccc(Cl)c(CN)c2Cl)C1. The number of benzene rings is 1. The summed E-state index contributed by atoms with van der Waals surface area (Å²) in [5.41, 5.74) is 6.02. The van der Waals surface area contributed by atoms with Crippen LogP contribution < -0.4 is 10.5 Å². The smallest absolute Gasteiger partial charge is 0.242 e. The zero-order valence-corrected chi connectivity index (χ0v) is 13.5. The molecular weight excluding hydrogens is 319 g/mol. The first-order valence-corrected chi connectivity index (χ1v) is 8.78. The van der Waals surface area contributed by atoms with Gasteiger partial charge in [-0.25, -0.2) is 13.1 Å². The Morgan fingerprint density at radius 3 is 2.60 bits per heavy atom. The van der Waals surface area contributed by atoms with Gasteiger partial charge in [-0.2, -0.15) is 0 Å². The van der Waals surface area contributed by atoms with Gasteiger partial charge in [0.2, 0.25) is 10.0 Å². The zero-order valence-electron chi connectivity index (χ0n) is 11.2. The van der Waals surface area contributed by atoms with Gasteiger partial charge in [-0.15, -0.1) is 0 Å². The maximum absolute atomic E-state index is 12.4. The summed E-state index contributed by atoms with van der Waals surface area (Å²) in [5.74, 6) is 0.544. The van der Waals surface area contributed by atoms with Crippen LogP contribution >= 0.6 is 23.2 Å². The Morgan fingerprint density at radius 2 is 2.05 bits per heavy atom. The Labute approximate surface area is 129 Å². The maximum Gasteiger partial charge on any atom is 0.242 e. The molecule has 4 nitrogen and oxygen atoms in total. The maximum atomic E-state index is 12.4. The van der Waals surface area contributed by atoms with Gasteiger partial charge in [0.05, 0.1) is 5.02 Å². The summed E-state index contributed by atoms with van der Waals surface area (Å²) in [6.07, 6.45) is 2.75. The summed E-state index contributed by atoms with van der Waals surface area (Å²) in [5, 5.41) is 0.490. The molecule has 0 radical (unpaired) electrons. The quantitative estimate of drug-likeness (QED) is 0.887. The van der Waals surface area contributed by atoms with Crippen molar-refractivity contribution in [2.75, 3.05) is 0 Å². The second-order valence-corrected chi connectivity index (χ2v) is 7.75. The number of hydrogen-bond acceptors (Lipinski definition) is 3. The molecule has 0 heterocycles. The molecule has 0 bridgehead atoms. The van der Waals surface area contributed by atoms with E-state index in [1.54, 1.807) is 0 Å². The molecule has 1 aromatic carbocycles. The molecular formula is C13H18Cl2N2O2S. The van der Waals surface area contributed by atoms with Crippen molar-refractivity contribution in [1.29, 1.82) is 0 Å². The summed E-state index contributed by atoms with van der Waals surface area (Å²) in [7, 11) is -3.64. The predicted octanol–water partition coefficient (Wildman–Crippen LogP) is 2.92. The first-order valence-electron chi connectivity index (χ1n) is 6.54. The van der Waals surface area contributed by atoms with Gasteiger partial charge in [0, 0.05) is 23.2 Å². The molecule has 0 saturated heterocycles. The minimum atomic E-state index is -3.64. The summed E-state index contributed by atoms with van der Waals surface area (Å²) in [4.78, 5) is 0.0450. The van der Waals surface area contributed by atoms with Gasteiger partial charge in [-0.1, -0.05) is 30.1 Å². The summed E-state index contributed by atoms with van der Waals surface area (Å²) in [6.45, 7) is 2.22. The van der Waals surface area contributed by atoms with E-state index in [4.69, 9.17) is 28.9 Å². The molecule has 0 aliphatic heterocycles. The zero-order chi connectivity index (χ0) is 14.9. The standard InChI is InChI=1S/C13H18Cl2N2O2S/c1-8-2-3-9(6-8)17-20(18,19)12-5-4-11(14)10(7-16)13(12)15/h4-5,8-9,17H,2-3,6-7,16H2,1H3. The number of halogens is 2. The molecule has 1 fully saturated rings. The highest BCUT2D eigenvalue weighted by molar-refractivity contribution is 7.89.